The Bertz CT molecular complexity index is 523. The fourth-order valence-corrected chi connectivity index (χ4v) is 1.42. The highest BCUT2D eigenvalue weighted by molar-refractivity contribution is 6.30. The number of nitrogens with zero attached hydrogens (tertiary/aromatic N) is 2. The largest absolute Gasteiger partial charge is 0.383 e. The molecular formula is C10H9ClN4O. The third kappa shape index (κ3) is 2.14. The molecular weight excluding hydrogens is 228 g/mol. The minimum atomic E-state index is -0.426. The van der Waals surface area contributed by atoms with Crippen LogP contribution in [0.15, 0.2) is 36.5 Å². The van der Waals surface area contributed by atoms with Crippen molar-refractivity contribution >= 4 is 29.1 Å². The number of carbonyl (C=O) groups is 1. The van der Waals surface area contributed by atoms with E-state index in [2.05, 4.69) is 10.4 Å². The lowest BCUT2D eigenvalue weighted by molar-refractivity contribution is 0.251. The molecule has 0 aliphatic rings. The smallest absolute Gasteiger partial charge is 0.348 e. The monoisotopic (exact) mass is 236 g/mol. The molecule has 0 aliphatic carbocycles. The Morgan fingerprint density at radius 1 is 1.44 bits per heavy atom. The van der Waals surface area contributed by atoms with E-state index < -0.39 is 6.03 Å². The van der Waals surface area contributed by atoms with E-state index in [1.54, 1.807) is 24.3 Å². The molecule has 2 aromatic rings. The number of rotatable bonds is 1. The molecule has 0 unspecified atom stereocenters. The van der Waals surface area contributed by atoms with Crippen LogP contribution in [-0.4, -0.2) is 15.8 Å². The van der Waals surface area contributed by atoms with Gasteiger partial charge in [0.05, 0.1) is 6.20 Å². The van der Waals surface area contributed by atoms with Crippen molar-refractivity contribution in [2.24, 2.45) is 0 Å². The zero-order valence-electron chi connectivity index (χ0n) is 8.22. The maximum absolute atomic E-state index is 11.7. The number of hydrogen-bond acceptors (Lipinski definition) is 3. The lowest BCUT2D eigenvalue weighted by Crippen LogP contribution is -2.22. The predicted octanol–water partition coefficient (Wildman–Crippen LogP) is 2.20. The second-order valence-electron chi connectivity index (χ2n) is 3.11. The van der Waals surface area contributed by atoms with Crippen molar-refractivity contribution in [1.82, 2.24) is 9.78 Å². The molecule has 5 nitrogen and oxygen atoms in total. The van der Waals surface area contributed by atoms with Gasteiger partial charge in [0.2, 0.25) is 0 Å². The summed E-state index contributed by atoms with van der Waals surface area (Å²) in [6.07, 6.45) is 1.45. The number of carbonyl (C=O) groups excluding carboxylic acids is 1. The van der Waals surface area contributed by atoms with Crippen molar-refractivity contribution in [2.75, 3.05) is 11.1 Å². The van der Waals surface area contributed by atoms with Crippen molar-refractivity contribution < 1.29 is 4.79 Å². The fraction of sp³-hybridized carbons (Fsp3) is 0. The zero-order valence-corrected chi connectivity index (χ0v) is 8.98. The van der Waals surface area contributed by atoms with Crippen LogP contribution in [0.5, 0.6) is 0 Å². The number of aromatic nitrogens is 2. The molecule has 0 fully saturated rings. The van der Waals surface area contributed by atoms with Crippen LogP contribution >= 0.6 is 11.6 Å². The summed E-state index contributed by atoms with van der Waals surface area (Å²) in [7, 11) is 0. The second-order valence-corrected chi connectivity index (χ2v) is 3.54. The van der Waals surface area contributed by atoms with Crippen LogP contribution in [0.4, 0.5) is 16.3 Å². The minimum Gasteiger partial charge on any atom is -0.383 e. The molecule has 0 atom stereocenters. The number of hydrogen-bond donors (Lipinski definition) is 2. The maximum Gasteiger partial charge on any atom is 0.348 e. The Kier molecular flexibility index (Phi) is 2.78. The van der Waals surface area contributed by atoms with Crippen LogP contribution in [0.25, 0.3) is 0 Å². The molecule has 0 bridgehead atoms. The molecule has 0 spiro atoms. The van der Waals surface area contributed by atoms with Crippen LogP contribution < -0.4 is 11.1 Å². The summed E-state index contributed by atoms with van der Waals surface area (Å²) >= 11 is 5.79. The van der Waals surface area contributed by atoms with Gasteiger partial charge in [0.15, 0.2) is 0 Å². The summed E-state index contributed by atoms with van der Waals surface area (Å²) < 4.78 is 1.07. The molecule has 0 radical (unpaired) electrons. The SMILES string of the molecule is Nc1ccnn1C(=O)Nc1cccc(Cl)c1. The van der Waals surface area contributed by atoms with Gasteiger partial charge in [0.25, 0.3) is 0 Å². The van der Waals surface area contributed by atoms with Crippen molar-refractivity contribution in [1.29, 1.82) is 0 Å². The Morgan fingerprint density at radius 2 is 2.25 bits per heavy atom. The summed E-state index contributed by atoms with van der Waals surface area (Å²) in [5.41, 5.74) is 6.13. The van der Waals surface area contributed by atoms with Crippen molar-refractivity contribution in [3.63, 3.8) is 0 Å². The minimum absolute atomic E-state index is 0.277. The Morgan fingerprint density at radius 3 is 2.88 bits per heavy atom. The molecule has 0 aliphatic heterocycles. The van der Waals surface area contributed by atoms with Crippen molar-refractivity contribution in [3.8, 4) is 0 Å². The van der Waals surface area contributed by atoms with Crippen LogP contribution in [-0.2, 0) is 0 Å². The van der Waals surface area contributed by atoms with E-state index >= 15 is 0 Å². The molecule has 1 amide bonds. The molecule has 0 saturated heterocycles. The topological polar surface area (TPSA) is 72.9 Å². The highest BCUT2D eigenvalue weighted by Crippen LogP contribution is 2.15. The molecule has 3 N–H and O–H groups in total. The van der Waals surface area contributed by atoms with Gasteiger partial charge < -0.3 is 11.1 Å². The Labute approximate surface area is 96.8 Å². The number of benzene rings is 1. The number of nitrogens with two attached hydrogens (primary N) is 1. The molecule has 0 saturated carbocycles. The van der Waals surface area contributed by atoms with Crippen LogP contribution in [0.1, 0.15) is 0 Å². The van der Waals surface area contributed by atoms with E-state index in [1.165, 1.54) is 12.3 Å². The maximum atomic E-state index is 11.7. The van der Waals surface area contributed by atoms with E-state index in [0.717, 1.165) is 4.68 Å². The number of halogens is 1. The van der Waals surface area contributed by atoms with E-state index in [1.807, 2.05) is 0 Å². The molecule has 1 heterocycles. The first kappa shape index (κ1) is 10.5. The number of amides is 1. The van der Waals surface area contributed by atoms with Gasteiger partial charge in [-0.05, 0) is 18.2 Å². The number of anilines is 2. The van der Waals surface area contributed by atoms with Gasteiger partial charge in [0, 0.05) is 16.8 Å². The van der Waals surface area contributed by atoms with Crippen LogP contribution in [0.3, 0.4) is 0 Å². The molecule has 16 heavy (non-hydrogen) atoms. The third-order valence-electron chi connectivity index (χ3n) is 1.94. The average molecular weight is 237 g/mol. The lowest BCUT2D eigenvalue weighted by Gasteiger charge is -2.05. The summed E-state index contributed by atoms with van der Waals surface area (Å²) in [6.45, 7) is 0. The van der Waals surface area contributed by atoms with Gasteiger partial charge in [-0.1, -0.05) is 17.7 Å². The Balaban J connectivity index is 2.17. The molecule has 2 rings (SSSR count). The zero-order chi connectivity index (χ0) is 11.5. The number of nitrogens with one attached hydrogen (secondary N) is 1. The van der Waals surface area contributed by atoms with E-state index in [-0.39, 0.29) is 5.82 Å². The Hall–Kier alpha value is -2.01. The third-order valence-corrected chi connectivity index (χ3v) is 2.18. The van der Waals surface area contributed by atoms with Gasteiger partial charge in [0.1, 0.15) is 5.82 Å². The van der Waals surface area contributed by atoms with Gasteiger partial charge in [-0.15, -0.1) is 0 Å². The van der Waals surface area contributed by atoms with Gasteiger partial charge >= 0.3 is 6.03 Å². The highest BCUT2D eigenvalue weighted by Gasteiger charge is 2.08. The molecule has 1 aromatic carbocycles. The molecule has 1 aromatic heterocycles. The summed E-state index contributed by atoms with van der Waals surface area (Å²) in [4.78, 5) is 11.7. The van der Waals surface area contributed by atoms with Gasteiger partial charge in [-0.2, -0.15) is 9.78 Å². The fourth-order valence-electron chi connectivity index (χ4n) is 1.23. The van der Waals surface area contributed by atoms with Crippen LogP contribution in [0.2, 0.25) is 5.02 Å². The first-order chi connectivity index (χ1) is 7.66. The molecule has 6 heteroatoms. The van der Waals surface area contributed by atoms with E-state index in [4.69, 9.17) is 17.3 Å². The van der Waals surface area contributed by atoms with Gasteiger partial charge in [-0.3, -0.25) is 0 Å². The predicted molar refractivity (Wildman–Crippen MR) is 62.5 cm³/mol. The summed E-state index contributed by atoms with van der Waals surface area (Å²) in [5, 5.41) is 6.95. The van der Waals surface area contributed by atoms with Crippen molar-refractivity contribution in [2.45, 2.75) is 0 Å². The normalized spacial score (nSPS) is 10.1. The van der Waals surface area contributed by atoms with E-state index in [9.17, 15) is 4.79 Å². The highest BCUT2D eigenvalue weighted by atomic mass is 35.5. The summed E-state index contributed by atoms with van der Waals surface area (Å²) in [5.74, 6) is 0.277. The standard InChI is InChI=1S/C10H9ClN4O/c11-7-2-1-3-8(6-7)14-10(16)15-9(12)4-5-13-15/h1-6H,12H2,(H,14,16). The second kappa shape index (κ2) is 4.24. The average Bonchev–Trinajstić information content (AvgIpc) is 2.64. The first-order valence-electron chi connectivity index (χ1n) is 4.53. The molecule has 82 valence electrons. The quantitative estimate of drug-likeness (QED) is 0.797. The first-order valence-corrected chi connectivity index (χ1v) is 4.91. The van der Waals surface area contributed by atoms with E-state index in [0.29, 0.717) is 10.7 Å². The number of nitrogen functional groups attached to an aromatic ring is 1. The van der Waals surface area contributed by atoms with Crippen LogP contribution in [0, 0.1) is 0 Å². The van der Waals surface area contributed by atoms with Gasteiger partial charge in [-0.25, -0.2) is 4.79 Å². The summed E-state index contributed by atoms with van der Waals surface area (Å²) in [6, 6.07) is 7.94. The lowest BCUT2D eigenvalue weighted by atomic mass is 10.3. The van der Waals surface area contributed by atoms with Crippen molar-refractivity contribution in [3.05, 3.63) is 41.6 Å².